The molecule has 0 radical (unpaired) electrons. The third-order valence-corrected chi connectivity index (χ3v) is 4.37. The second-order valence-electron chi connectivity index (χ2n) is 5.59. The molecule has 0 spiro atoms. The van der Waals surface area contributed by atoms with Crippen molar-refractivity contribution >= 4 is 0 Å². The molecule has 1 aliphatic heterocycles. The van der Waals surface area contributed by atoms with Crippen LogP contribution in [0.2, 0.25) is 0 Å². The molecule has 3 nitrogen and oxygen atoms in total. The van der Waals surface area contributed by atoms with Crippen molar-refractivity contribution in [2.45, 2.75) is 44.7 Å². The largest absolute Gasteiger partial charge is 0.464 e. The summed E-state index contributed by atoms with van der Waals surface area (Å²) in [4.78, 5) is 2.42. The van der Waals surface area contributed by atoms with Gasteiger partial charge in [0.05, 0.1) is 6.04 Å². The number of rotatable bonds is 3. The third kappa shape index (κ3) is 1.91. The van der Waals surface area contributed by atoms with Crippen molar-refractivity contribution in [3.8, 4) is 0 Å². The Hall–Kier alpha value is -0.800. The molecule has 2 N–H and O–H groups in total. The summed E-state index contributed by atoms with van der Waals surface area (Å²) in [6.45, 7) is 6.62. The predicted octanol–water partition coefficient (Wildman–Crippen LogP) is 2.50. The summed E-state index contributed by atoms with van der Waals surface area (Å²) in [5.74, 6) is 3.71. The maximum Gasteiger partial charge on any atom is 0.122 e. The molecule has 1 aromatic heterocycles. The quantitative estimate of drug-likeness (QED) is 0.873. The molecule has 1 saturated heterocycles. The van der Waals surface area contributed by atoms with Gasteiger partial charge >= 0.3 is 0 Å². The first kappa shape index (κ1) is 11.3. The molecule has 2 fully saturated rings. The first-order chi connectivity index (χ1) is 8.20. The van der Waals surface area contributed by atoms with Crippen LogP contribution in [0.5, 0.6) is 0 Å². The van der Waals surface area contributed by atoms with Crippen LogP contribution in [0.3, 0.4) is 0 Å². The van der Waals surface area contributed by atoms with E-state index in [1.165, 1.54) is 12.2 Å². The second-order valence-corrected chi connectivity index (χ2v) is 5.59. The molecular weight excluding hydrogens is 212 g/mol. The molecule has 3 heteroatoms. The topological polar surface area (TPSA) is 42.4 Å². The molecule has 0 bridgehead atoms. The minimum Gasteiger partial charge on any atom is -0.464 e. The molecule has 0 amide bonds. The highest BCUT2D eigenvalue weighted by Gasteiger charge is 2.39. The summed E-state index contributed by atoms with van der Waals surface area (Å²) in [5.41, 5.74) is 6.20. The fourth-order valence-electron chi connectivity index (χ4n) is 3.07. The Morgan fingerprint density at radius 1 is 1.41 bits per heavy atom. The highest BCUT2D eigenvalue weighted by atomic mass is 16.3. The van der Waals surface area contributed by atoms with E-state index in [1.807, 2.05) is 0 Å². The number of likely N-dealkylation sites (N-methyl/N-ethyl adjacent to an activating group) is 1. The van der Waals surface area contributed by atoms with Gasteiger partial charge in [-0.25, -0.2) is 0 Å². The van der Waals surface area contributed by atoms with Crippen molar-refractivity contribution < 1.29 is 4.42 Å². The van der Waals surface area contributed by atoms with Crippen LogP contribution in [-0.4, -0.2) is 24.0 Å². The van der Waals surface area contributed by atoms with Gasteiger partial charge in [0, 0.05) is 18.5 Å². The van der Waals surface area contributed by atoms with Gasteiger partial charge in [-0.15, -0.1) is 0 Å². The fraction of sp³-hybridized carbons (Fsp3) is 0.714. The Bertz CT molecular complexity index is 401. The first-order valence-corrected chi connectivity index (χ1v) is 6.80. The molecule has 2 heterocycles. The summed E-state index contributed by atoms with van der Waals surface area (Å²) >= 11 is 0. The van der Waals surface area contributed by atoms with Crippen LogP contribution in [0.1, 0.15) is 50.2 Å². The van der Waals surface area contributed by atoms with Gasteiger partial charge in [-0.3, -0.25) is 4.90 Å². The van der Waals surface area contributed by atoms with Crippen LogP contribution in [0.25, 0.3) is 0 Å². The van der Waals surface area contributed by atoms with E-state index in [0.29, 0.717) is 12.0 Å². The second kappa shape index (κ2) is 4.14. The Labute approximate surface area is 103 Å². The van der Waals surface area contributed by atoms with Crippen molar-refractivity contribution in [3.63, 3.8) is 0 Å². The zero-order chi connectivity index (χ0) is 12.0. The van der Waals surface area contributed by atoms with Crippen LogP contribution < -0.4 is 5.73 Å². The SMILES string of the molecule is CCN1CCC(N)C1c1ccc(C2CC2C)o1. The molecule has 2 aliphatic rings. The van der Waals surface area contributed by atoms with Crippen molar-refractivity contribution in [3.05, 3.63) is 23.7 Å². The van der Waals surface area contributed by atoms with Crippen molar-refractivity contribution in [2.75, 3.05) is 13.1 Å². The van der Waals surface area contributed by atoms with E-state index in [-0.39, 0.29) is 6.04 Å². The fourth-order valence-corrected chi connectivity index (χ4v) is 3.07. The number of likely N-dealkylation sites (tertiary alicyclic amines) is 1. The molecule has 0 aromatic carbocycles. The summed E-state index contributed by atoms with van der Waals surface area (Å²) in [7, 11) is 0. The summed E-state index contributed by atoms with van der Waals surface area (Å²) < 4.78 is 6.04. The van der Waals surface area contributed by atoms with Crippen LogP contribution >= 0.6 is 0 Å². The molecule has 1 saturated carbocycles. The van der Waals surface area contributed by atoms with E-state index in [0.717, 1.165) is 31.2 Å². The van der Waals surface area contributed by atoms with Gasteiger partial charge in [-0.05, 0) is 37.4 Å². The highest BCUT2D eigenvalue weighted by molar-refractivity contribution is 5.21. The Kier molecular flexibility index (Phi) is 2.75. The smallest absolute Gasteiger partial charge is 0.122 e. The lowest BCUT2D eigenvalue weighted by Gasteiger charge is -2.23. The number of nitrogens with zero attached hydrogens (tertiary/aromatic N) is 1. The zero-order valence-electron chi connectivity index (χ0n) is 10.7. The lowest BCUT2D eigenvalue weighted by Crippen LogP contribution is -2.31. The van der Waals surface area contributed by atoms with E-state index in [1.54, 1.807) is 0 Å². The van der Waals surface area contributed by atoms with Gasteiger partial charge in [0.2, 0.25) is 0 Å². The molecular formula is C14H22N2O. The van der Waals surface area contributed by atoms with Gasteiger partial charge in [-0.2, -0.15) is 0 Å². The summed E-state index contributed by atoms with van der Waals surface area (Å²) in [6.07, 6.45) is 2.36. The Morgan fingerprint density at radius 2 is 2.12 bits per heavy atom. The standard InChI is InChI=1S/C14H22N2O/c1-3-16-7-6-11(15)14(16)13-5-4-12(17-13)10-8-9(10)2/h4-5,9-11,14H,3,6-8,15H2,1-2H3. The van der Waals surface area contributed by atoms with Gasteiger partial charge in [0.1, 0.15) is 11.5 Å². The minimum absolute atomic E-state index is 0.227. The van der Waals surface area contributed by atoms with Gasteiger partial charge in [0.25, 0.3) is 0 Å². The molecule has 4 unspecified atom stereocenters. The minimum atomic E-state index is 0.227. The van der Waals surface area contributed by atoms with Gasteiger partial charge in [0.15, 0.2) is 0 Å². The Balaban J connectivity index is 1.80. The summed E-state index contributed by atoms with van der Waals surface area (Å²) in [5, 5.41) is 0. The Morgan fingerprint density at radius 3 is 2.76 bits per heavy atom. The van der Waals surface area contributed by atoms with E-state index < -0.39 is 0 Å². The van der Waals surface area contributed by atoms with E-state index >= 15 is 0 Å². The average Bonchev–Trinajstić information content (AvgIpc) is 2.77. The maximum atomic E-state index is 6.20. The van der Waals surface area contributed by atoms with Crippen molar-refractivity contribution in [2.24, 2.45) is 11.7 Å². The normalized spacial score (nSPS) is 37.6. The zero-order valence-corrected chi connectivity index (χ0v) is 10.7. The number of hydrogen-bond donors (Lipinski definition) is 1. The average molecular weight is 234 g/mol. The molecule has 3 rings (SSSR count). The van der Waals surface area contributed by atoms with E-state index in [2.05, 4.69) is 30.9 Å². The van der Waals surface area contributed by atoms with E-state index in [9.17, 15) is 0 Å². The van der Waals surface area contributed by atoms with Crippen LogP contribution in [0.4, 0.5) is 0 Å². The van der Waals surface area contributed by atoms with Gasteiger partial charge in [-0.1, -0.05) is 13.8 Å². The summed E-state index contributed by atoms with van der Waals surface area (Å²) in [6, 6.07) is 4.81. The molecule has 94 valence electrons. The number of hydrogen-bond acceptors (Lipinski definition) is 3. The van der Waals surface area contributed by atoms with Crippen LogP contribution in [0.15, 0.2) is 16.5 Å². The number of nitrogens with two attached hydrogens (primary N) is 1. The lowest BCUT2D eigenvalue weighted by molar-refractivity contribution is 0.226. The van der Waals surface area contributed by atoms with Crippen LogP contribution in [-0.2, 0) is 0 Å². The number of furan rings is 1. The highest BCUT2D eigenvalue weighted by Crippen LogP contribution is 2.48. The predicted molar refractivity (Wildman–Crippen MR) is 67.8 cm³/mol. The van der Waals surface area contributed by atoms with Crippen molar-refractivity contribution in [1.82, 2.24) is 4.90 Å². The first-order valence-electron chi connectivity index (χ1n) is 6.80. The monoisotopic (exact) mass is 234 g/mol. The molecule has 1 aliphatic carbocycles. The third-order valence-electron chi connectivity index (χ3n) is 4.37. The molecule has 17 heavy (non-hydrogen) atoms. The maximum absolute atomic E-state index is 6.20. The lowest BCUT2D eigenvalue weighted by atomic mass is 10.1. The molecule has 1 aromatic rings. The molecule has 4 atom stereocenters. The van der Waals surface area contributed by atoms with Crippen molar-refractivity contribution in [1.29, 1.82) is 0 Å². The van der Waals surface area contributed by atoms with Crippen LogP contribution in [0, 0.1) is 5.92 Å². The van der Waals surface area contributed by atoms with E-state index in [4.69, 9.17) is 10.2 Å². The van der Waals surface area contributed by atoms with Gasteiger partial charge < -0.3 is 10.2 Å².